The van der Waals surface area contributed by atoms with Crippen LogP contribution in [-0.2, 0) is 0 Å². The van der Waals surface area contributed by atoms with Crippen LogP contribution in [0.15, 0.2) is 180 Å². The standard InChI is InChI=1S/C50H29N3O/c1-2-14-30(15-3-1)31-26-28-32(29-27-31)47-50(52-40-23-11-10-22-39(40)51-47)53-41-24-12-8-20-37(41)45-43-35-18-6-4-16-33(35)34-17-5-7-19-36(34)44(43)46-38-21-9-13-25-42(38)54-49(46)48(45)53/h1-29H. The van der Waals surface area contributed by atoms with Gasteiger partial charge < -0.3 is 4.42 Å². The van der Waals surface area contributed by atoms with E-state index in [0.29, 0.717) is 0 Å². The molecule has 4 heteroatoms. The second-order valence-corrected chi connectivity index (χ2v) is 14.0. The SMILES string of the molecule is c1ccc(-c2ccc(-c3nc4ccccc4nc3-n3c4ccccc4c4c5c6ccccc6c6ccccc6c5c5c6ccccc6oc5c43)cc2)cc1. The van der Waals surface area contributed by atoms with Crippen LogP contribution in [0.5, 0.6) is 0 Å². The Kier molecular flexibility index (Phi) is 6.02. The fourth-order valence-corrected chi connectivity index (χ4v) is 8.84. The lowest BCUT2D eigenvalue weighted by Crippen LogP contribution is -2.04. The number of furan rings is 1. The summed E-state index contributed by atoms with van der Waals surface area (Å²) in [6.45, 7) is 0. The fourth-order valence-electron chi connectivity index (χ4n) is 8.84. The number of benzene rings is 9. The van der Waals surface area contributed by atoms with Crippen molar-refractivity contribution in [3.05, 3.63) is 176 Å². The van der Waals surface area contributed by atoms with Gasteiger partial charge in [-0.3, -0.25) is 4.57 Å². The van der Waals surface area contributed by atoms with E-state index in [1.54, 1.807) is 0 Å². The van der Waals surface area contributed by atoms with Crippen LogP contribution in [-0.4, -0.2) is 14.5 Å². The van der Waals surface area contributed by atoms with E-state index in [1.165, 1.54) is 37.9 Å². The number of hydrogen-bond donors (Lipinski definition) is 0. The molecule has 12 aromatic rings. The van der Waals surface area contributed by atoms with Crippen LogP contribution in [0, 0.1) is 0 Å². The fraction of sp³-hybridized carbons (Fsp3) is 0. The van der Waals surface area contributed by atoms with Crippen molar-refractivity contribution in [1.29, 1.82) is 0 Å². The van der Waals surface area contributed by atoms with Crippen LogP contribution < -0.4 is 0 Å². The van der Waals surface area contributed by atoms with Crippen molar-refractivity contribution in [2.45, 2.75) is 0 Å². The Morgan fingerprint density at radius 3 is 1.61 bits per heavy atom. The molecule has 12 rings (SSSR count). The number of aromatic nitrogens is 3. The third kappa shape index (κ3) is 4.02. The summed E-state index contributed by atoms with van der Waals surface area (Å²) < 4.78 is 9.37. The average molecular weight is 688 g/mol. The molecule has 250 valence electrons. The van der Waals surface area contributed by atoms with E-state index >= 15 is 0 Å². The first-order valence-corrected chi connectivity index (χ1v) is 18.3. The highest BCUT2D eigenvalue weighted by Crippen LogP contribution is 2.50. The number of hydrogen-bond acceptors (Lipinski definition) is 3. The van der Waals surface area contributed by atoms with Crippen molar-refractivity contribution in [2.24, 2.45) is 0 Å². The van der Waals surface area contributed by atoms with Gasteiger partial charge in [0, 0.05) is 37.9 Å². The van der Waals surface area contributed by atoms with Crippen molar-refractivity contribution < 1.29 is 4.42 Å². The van der Waals surface area contributed by atoms with Crippen LogP contribution >= 0.6 is 0 Å². The molecule has 0 aliphatic carbocycles. The minimum atomic E-state index is 0.763. The largest absolute Gasteiger partial charge is 0.454 e. The van der Waals surface area contributed by atoms with Gasteiger partial charge in [0.1, 0.15) is 11.3 Å². The maximum absolute atomic E-state index is 7.06. The predicted molar refractivity (Wildman–Crippen MR) is 225 cm³/mol. The molecule has 4 nitrogen and oxygen atoms in total. The molecule has 0 unspecified atom stereocenters. The summed E-state index contributed by atoms with van der Waals surface area (Å²) in [7, 11) is 0. The van der Waals surface area contributed by atoms with Gasteiger partial charge in [-0.2, -0.15) is 0 Å². The van der Waals surface area contributed by atoms with Crippen LogP contribution in [0.2, 0.25) is 0 Å². The molecule has 0 spiro atoms. The molecule has 0 aliphatic rings. The van der Waals surface area contributed by atoms with Gasteiger partial charge in [0.15, 0.2) is 11.4 Å². The minimum absolute atomic E-state index is 0.763. The molecule has 0 radical (unpaired) electrons. The first kappa shape index (κ1) is 29.3. The van der Waals surface area contributed by atoms with Crippen molar-refractivity contribution >= 4 is 87.1 Å². The molecule has 0 saturated heterocycles. The van der Waals surface area contributed by atoms with Crippen LogP contribution in [0.3, 0.4) is 0 Å². The number of nitrogens with zero attached hydrogens (tertiary/aromatic N) is 3. The maximum atomic E-state index is 7.06. The second-order valence-electron chi connectivity index (χ2n) is 14.0. The lowest BCUT2D eigenvalue weighted by molar-refractivity contribution is 0.671. The van der Waals surface area contributed by atoms with Gasteiger partial charge >= 0.3 is 0 Å². The summed E-state index contributed by atoms with van der Waals surface area (Å²) in [4.78, 5) is 10.9. The molecule has 9 aromatic carbocycles. The van der Waals surface area contributed by atoms with Crippen molar-refractivity contribution in [3.63, 3.8) is 0 Å². The van der Waals surface area contributed by atoms with Gasteiger partial charge in [-0.15, -0.1) is 0 Å². The Balaban J connectivity index is 1.31. The normalized spacial score (nSPS) is 12.1. The second kappa shape index (κ2) is 11.1. The molecule has 0 N–H and O–H groups in total. The van der Waals surface area contributed by atoms with Gasteiger partial charge in [0.2, 0.25) is 0 Å². The van der Waals surface area contributed by atoms with Gasteiger partial charge in [-0.1, -0.05) is 152 Å². The van der Waals surface area contributed by atoms with Crippen LogP contribution in [0.1, 0.15) is 0 Å². The average Bonchev–Trinajstić information content (AvgIpc) is 3.80. The summed E-state index contributed by atoms with van der Waals surface area (Å²) in [6.07, 6.45) is 0. The van der Waals surface area contributed by atoms with E-state index in [4.69, 9.17) is 14.4 Å². The molecule has 54 heavy (non-hydrogen) atoms. The molecule has 0 amide bonds. The predicted octanol–water partition coefficient (Wildman–Crippen LogP) is 13.4. The summed E-state index contributed by atoms with van der Waals surface area (Å²) in [5.41, 5.74) is 9.55. The monoisotopic (exact) mass is 687 g/mol. The molecule has 0 atom stereocenters. The lowest BCUT2D eigenvalue weighted by Gasteiger charge is -2.16. The van der Waals surface area contributed by atoms with E-state index < -0.39 is 0 Å². The number of rotatable bonds is 3. The van der Waals surface area contributed by atoms with Crippen molar-refractivity contribution in [3.8, 4) is 28.2 Å². The van der Waals surface area contributed by atoms with Gasteiger partial charge in [0.05, 0.1) is 22.1 Å². The zero-order valence-electron chi connectivity index (χ0n) is 29.0. The summed E-state index contributed by atoms with van der Waals surface area (Å²) >= 11 is 0. The minimum Gasteiger partial charge on any atom is -0.454 e. The van der Waals surface area contributed by atoms with E-state index in [0.717, 1.165) is 77.4 Å². The Morgan fingerprint density at radius 1 is 0.370 bits per heavy atom. The van der Waals surface area contributed by atoms with Crippen molar-refractivity contribution in [2.75, 3.05) is 0 Å². The van der Waals surface area contributed by atoms with E-state index in [-0.39, 0.29) is 0 Å². The smallest absolute Gasteiger partial charge is 0.165 e. The highest BCUT2D eigenvalue weighted by Gasteiger charge is 2.27. The quantitative estimate of drug-likeness (QED) is 0.174. The van der Waals surface area contributed by atoms with Gasteiger partial charge in [0.25, 0.3) is 0 Å². The Morgan fingerprint density at radius 2 is 0.889 bits per heavy atom. The van der Waals surface area contributed by atoms with Gasteiger partial charge in [-0.05, 0) is 56.9 Å². The third-order valence-electron chi connectivity index (χ3n) is 11.1. The zero-order valence-corrected chi connectivity index (χ0v) is 29.0. The summed E-state index contributed by atoms with van der Waals surface area (Å²) in [5.74, 6) is 0.763. The maximum Gasteiger partial charge on any atom is 0.165 e. The Hall–Kier alpha value is -7.30. The summed E-state index contributed by atoms with van der Waals surface area (Å²) in [5, 5.41) is 11.8. The first-order valence-electron chi connectivity index (χ1n) is 18.3. The topological polar surface area (TPSA) is 43.9 Å². The first-order chi connectivity index (χ1) is 26.8. The molecule has 0 bridgehead atoms. The molecule has 3 aromatic heterocycles. The zero-order chi connectivity index (χ0) is 35.3. The lowest BCUT2D eigenvalue weighted by atomic mass is 9.89. The van der Waals surface area contributed by atoms with E-state index in [2.05, 4.69) is 150 Å². The van der Waals surface area contributed by atoms with Gasteiger partial charge in [-0.25, -0.2) is 9.97 Å². The number of fused-ring (bicyclic) bond motifs is 16. The van der Waals surface area contributed by atoms with Crippen molar-refractivity contribution in [1.82, 2.24) is 14.5 Å². The third-order valence-corrected chi connectivity index (χ3v) is 11.1. The molecular formula is C50H29N3O. The molecule has 0 aliphatic heterocycles. The summed E-state index contributed by atoms with van der Waals surface area (Å²) in [6, 6.07) is 62.1. The highest BCUT2D eigenvalue weighted by atomic mass is 16.3. The van der Waals surface area contributed by atoms with E-state index in [9.17, 15) is 0 Å². The van der Waals surface area contributed by atoms with Crippen LogP contribution in [0.4, 0.5) is 0 Å². The Bertz CT molecular complexity index is 3490. The van der Waals surface area contributed by atoms with Crippen LogP contribution in [0.25, 0.3) is 115 Å². The molecular weight excluding hydrogens is 659 g/mol. The molecule has 3 heterocycles. The van der Waals surface area contributed by atoms with E-state index in [1.807, 2.05) is 30.3 Å². The number of para-hydroxylation sites is 4. The molecule has 0 fully saturated rings. The molecule has 0 saturated carbocycles. The Labute approximate surface area is 309 Å². The highest BCUT2D eigenvalue weighted by molar-refractivity contribution is 6.44.